The van der Waals surface area contributed by atoms with E-state index in [1.54, 1.807) is 0 Å². The molecule has 0 N–H and O–H groups in total. The second-order valence-corrected chi connectivity index (χ2v) is 4.12. The van der Waals surface area contributed by atoms with Crippen LogP contribution in [0.15, 0.2) is 0 Å². The Bertz CT molecular complexity index is 259. The van der Waals surface area contributed by atoms with Gasteiger partial charge in [0.15, 0.2) is 0 Å². The van der Waals surface area contributed by atoms with Crippen molar-refractivity contribution < 1.29 is 34.6 Å². The Morgan fingerprint density at radius 3 is 1.85 bits per heavy atom. The Morgan fingerprint density at radius 1 is 1.23 bits per heavy atom. The van der Waals surface area contributed by atoms with Gasteiger partial charge in [-0.15, -0.1) is 0 Å². The van der Waals surface area contributed by atoms with E-state index in [0.717, 1.165) is 0 Å². The lowest BCUT2D eigenvalue weighted by Crippen LogP contribution is -2.30. The quantitative estimate of drug-likeness (QED) is 0.345. The zero-order valence-corrected chi connectivity index (χ0v) is 7.96. The third-order valence-corrected chi connectivity index (χ3v) is 2.12. The molecule has 0 fully saturated rings. The van der Waals surface area contributed by atoms with Gasteiger partial charge < -0.3 is 0 Å². The third kappa shape index (κ3) is 3.73. The van der Waals surface area contributed by atoms with Gasteiger partial charge >= 0.3 is 15.6 Å². The van der Waals surface area contributed by atoms with Gasteiger partial charge in [0.25, 0.3) is 6.36 Å². The summed E-state index contributed by atoms with van der Waals surface area (Å²) < 4.78 is 81.0. The van der Waals surface area contributed by atoms with E-state index in [4.69, 9.17) is 0 Å². The van der Waals surface area contributed by atoms with E-state index in [1.165, 1.54) is 0 Å². The summed E-state index contributed by atoms with van der Waals surface area (Å²) in [6.45, 7) is 0. The molecule has 3 nitrogen and oxygen atoms in total. The van der Waals surface area contributed by atoms with E-state index in [0.29, 0.717) is 0 Å². The fourth-order valence-electron chi connectivity index (χ4n) is 0.218. The Hall–Kier alpha value is 0.0400. The number of hydrogen-bond donors (Lipinski definition) is 0. The first-order valence-corrected chi connectivity index (χ1v) is 4.82. The number of hydrogen-bond acceptors (Lipinski definition) is 3. The summed E-state index contributed by atoms with van der Waals surface area (Å²) in [6, 6.07) is 0. The van der Waals surface area contributed by atoms with Gasteiger partial charge in [-0.05, 0) is 15.9 Å². The van der Waals surface area contributed by atoms with Crippen LogP contribution >= 0.6 is 15.9 Å². The summed E-state index contributed by atoms with van der Waals surface area (Å²) in [5.74, 6) is 0. The molecular formula is C3H2BrF5O3S. The van der Waals surface area contributed by atoms with Crippen molar-refractivity contribution >= 4 is 26.0 Å². The predicted molar refractivity (Wildman–Crippen MR) is 34.8 cm³/mol. The van der Waals surface area contributed by atoms with Crippen LogP contribution < -0.4 is 0 Å². The van der Waals surface area contributed by atoms with Gasteiger partial charge in [-0.3, -0.25) is 0 Å². The molecule has 2 atom stereocenters. The lowest BCUT2D eigenvalue weighted by atomic mass is 10.8. The zero-order valence-electron chi connectivity index (χ0n) is 5.56. The Balaban J connectivity index is 4.55. The lowest BCUT2D eigenvalue weighted by Gasteiger charge is -2.11. The summed E-state index contributed by atoms with van der Waals surface area (Å²) in [5, 5.41) is -2.65. The topological polar surface area (TPSA) is 43.4 Å². The van der Waals surface area contributed by atoms with Crippen molar-refractivity contribution in [3.63, 3.8) is 0 Å². The first-order valence-electron chi connectivity index (χ1n) is 2.49. The minimum atomic E-state index is -6.09. The molecular weight excluding hydrogens is 291 g/mol. The molecule has 0 saturated heterocycles. The SMILES string of the molecule is O=S(=O)(O[C@H](F)[C@H](F)Br)C(F)(F)F. The Kier molecular flexibility index (Phi) is 4.06. The van der Waals surface area contributed by atoms with Gasteiger partial charge in [0.2, 0.25) is 5.08 Å². The van der Waals surface area contributed by atoms with E-state index >= 15 is 0 Å². The molecule has 0 aromatic heterocycles. The van der Waals surface area contributed by atoms with E-state index in [1.807, 2.05) is 15.9 Å². The van der Waals surface area contributed by atoms with Gasteiger partial charge in [-0.1, -0.05) is 0 Å². The number of alkyl halides is 6. The maximum absolute atomic E-state index is 12.0. The van der Waals surface area contributed by atoms with Gasteiger partial charge in [-0.2, -0.15) is 21.6 Å². The molecule has 0 aromatic carbocycles. The van der Waals surface area contributed by atoms with Gasteiger partial charge in [-0.25, -0.2) is 13.0 Å². The van der Waals surface area contributed by atoms with Crippen LogP contribution in [0, 0.1) is 0 Å². The minimum Gasteiger partial charge on any atom is -0.229 e. The van der Waals surface area contributed by atoms with Gasteiger partial charge in [0.1, 0.15) is 0 Å². The Morgan fingerprint density at radius 2 is 1.62 bits per heavy atom. The fraction of sp³-hybridized carbons (Fsp3) is 1.00. The van der Waals surface area contributed by atoms with Crippen LogP contribution in [0.25, 0.3) is 0 Å². The van der Waals surface area contributed by atoms with Crippen LogP contribution in [0.2, 0.25) is 0 Å². The average Bonchev–Trinajstić information content (AvgIpc) is 1.83. The minimum absolute atomic E-state index is 1.86. The molecule has 0 rings (SSSR count). The highest BCUT2D eigenvalue weighted by atomic mass is 79.9. The molecule has 0 aliphatic rings. The molecule has 0 bridgehead atoms. The van der Waals surface area contributed by atoms with Crippen LogP contribution in [0.3, 0.4) is 0 Å². The standard InChI is InChI=1S/C3H2BrF5O3S/c4-1(5)2(6)12-13(10,11)3(7,8)9/h1-2H/t1-,2-/m0/s1. The highest BCUT2D eigenvalue weighted by Crippen LogP contribution is 2.27. The molecule has 0 aliphatic heterocycles. The molecule has 0 unspecified atom stereocenters. The van der Waals surface area contributed by atoms with Crippen molar-refractivity contribution in [2.75, 3.05) is 0 Å². The number of halogens is 6. The molecule has 0 amide bonds. The van der Waals surface area contributed by atoms with Crippen LogP contribution in [-0.2, 0) is 14.3 Å². The predicted octanol–water partition coefficient (Wildman–Crippen LogP) is 1.84. The first kappa shape index (κ1) is 13.0. The lowest BCUT2D eigenvalue weighted by molar-refractivity contribution is -0.0678. The summed E-state index contributed by atoms with van der Waals surface area (Å²) in [6.07, 6.45) is -3.23. The second-order valence-electron chi connectivity index (χ2n) is 1.68. The van der Waals surface area contributed by atoms with Crippen LogP contribution in [0.1, 0.15) is 0 Å². The molecule has 0 radical (unpaired) electrons. The van der Waals surface area contributed by atoms with Crippen molar-refractivity contribution in [2.24, 2.45) is 0 Å². The van der Waals surface area contributed by atoms with Crippen molar-refractivity contribution in [3.05, 3.63) is 0 Å². The summed E-state index contributed by atoms with van der Waals surface area (Å²) in [7, 11) is -6.09. The van der Waals surface area contributed by atoms with Crippen molar-refractivity contribution in [2.45, 2.75) is 16.9 Å². The van der Waals surface area contributed by atoms with Gasteiger partial charge in [0.05, 0.1) is 0 Å². The summed E-state index contributed by atoms with van der Waals surface area (Å²) >= 11 is 1.86. The monoisotopic (exact) mass is 292 g/mol. The maximum Gasteiger partial charge on any atom is 0.523 e. The van der Waals surface area contributed by atoms with Crippen LogP contribution in [0.5, 0.6) is 0 Å². The van der Waals surface area contributed by atoms with Gasteiger partial charge in [0, 0.05) is 0 Å². The fourth-order valence-corrected chi connectivity index (χ4v) is 0.917. The molecule has 80 valence electrons. The smallest absolute Gasteiger partial charge is 0.229 e. The highest BCUT2D eigenvalue weighted by Gasteiger charge is 2.49. The molecule has 0 aliphatic carbocycles. The van der Waals surface area contributed by atoms with E-state index in [-0.39, 0.29) is 0 Å². The molecule has 0 spiro atoms. The second kappa shape index (κ2) is 4.05. The average molecular weight is 293 g/mol. The maximum atomic E-state index is 12.0. The molecule has 0 saturated carbocycles. The van der Waals surface area contributed by atoms with Crippen molar-refractivity contribution in [1.29, 1.82) is 0 Å². The third-order valence-electron chi connectivity index (χ3n) is 0.700. The molecule has 0 aromatic rings. The number of rotatable bonds is 3. The summed E-state index contributed by atoms with van der Waals surface area (Å²) in [4.78, 5) is 0. The van der Waals surface area contributed by atoms with Crippen LogP contribution in [0.4, 0.5) is 22.0 Å². The molecule has 0 heterocycles. The largest absolute Gasteiger partial charge is 0.523 e. The first-order chi connectivity index (χ1) is 5.58. The summed E-state index contributed by atoms with van der Waals surface area (Å²) in [5.41, 5.74) is -5.76. The van der Waals surface area contributed by atoms with Crippen LogP contribution in [-0.4, -0.2) is 25.4 Å². The van der Waals surface area contributed by atoms with Crippen molar-refractivity contribution in [1.82, 2.24) is 0 Å². The zero-order chi connectivity index (χ0) is 10.9. The molecule has 13 heavy (non-hydrogen) atoms. The Labute approximate surface area is 78.1 Å². The normalized spacial score (nSPS) is 18.3. The molecule has 10 heteroatoms. The van der Waals surface area contributed by atoms with E-state index in [9.17, 15) is 30.4 Å². The van der Waals surface area contributed by atoms with E-state index in [2.05, 4.69) is 4.18 Å². The highest BCUT2D eigenvalue weighted by molar-refractivity contribution is 9.09. The van der Waals surface area contributed by atoms with E-state index < -0.39 is 27.1 Å². The van der Waals surface area contributed by atoms with Crippen molar-refractivity contribution in [3.8, 4) is 0 Å².